The van der Waals surface area contributed by atoms with E-state index in [2.05, 4.69) is 0 Å². The zero-order valence-corrected chi connectivity index (χ0v) is 20.4. The summed E-state index contributed by atoms with van der Waals surface area (Å²) in [7, 11) is 3.88. The highest BCUT2D eigenvalue weighted by Gasteiger charge is 2.45. The molecular formula is C29H29FN2O4. The average molecular weight is 489 g/mol. The highest BCUT2D eigenvalue weighted by Crippen LogP contribution is 2.40. The first-order valence-electron chi connectivity index (χ1n) is 11.8. The molecule has 1 atom stereocenters. The van der Waals surface area contributed by atoms with Gasteiger partial charge in [0.1, 0.15) is 23.9 Å². The zero-order chi connectivity index (χ0) is 25.7. The molecule has 6 nitrogen and oxygen atoms in total. The van der Waals surface area contributed by atoms with Gasteiger partial charge in [-0.05, 0) is 74.6 Å². The number of likely N-dealkylation sites (tertiary alicyclic amines) is 1. The third-order valence-electron chi connectivity index (χ3n) is 6.08. The number of hydrogen-bond donors (Lipinski definition) is 1. The second-order valence-corrected chi connectivity index (χ2v) is 9.00. The molecule has 0 radical (unpaired) electrons. The molecule has 0 aromatic heterocycles. The van der Waals surface area contributed by atoms with E-state index in [9.17, 15) is 19.1 Å². The monoisotopic (exact) mass is 488 g/mol. The van der Waals surface area contributed by atoms with E-state index in [0.29, 0.717) is 30.9 Å². The number of carbonyl (C=O) groups is 2. The molecule has 1 heterocycles. The number of aliphatic hydroxyl groups is 1. The Labute approximate surface area is 210 Å². The Hall–Kier alpha value is -3.97. The van der Waals surface area contributed by atoms with Gasteiger partial charge in [-0.25, -0.2) is 4.39 Å². The van der Waals surface area contributed by atoms with Crippen molar-refractivity contribution in [3.63, 3.8) is 0 Å². The van der Waals surface area contributed by atoms with E-state index in [4.69, 9.17) is 4.74 Å². The van der Waals surface area contributed by atoms with Gasteiger partial charge in [0.15, 0.2) is 0 Å². The van der Waals surface area contributed by atoms with Crippen molar-refractivity contribution in [1.82, 2.24) is 9.80 Å². The Kier molecular flexibility index (Phi) is 7.80. The van der Waals surface area contributed by atoms with Crippen molar-refractivity contribution in [3.8, 4) is 5.75 Å². The number of amides is 1. The van der Waals surface area contributed by atoms with Gasteiger partial charge in [0, 0.05) is 12.1 Å². The van der Waals surface area contributed by atoms with E-state index in [1.165, 1.54) is 29.2 Å². The summed E-state index contributed by atoms with van der Waals surface area (Å²) in [4.78, 5) is 29.7. The Morgan fingerprint density at radius 3 is 2.42 bits per heavy atom. The van der Waals surface area contributed by atoms with Crippen molar-refractivity contribution in [2.45, 2.75) is 19.1 Å². The minimum atomic E-state index is -0.794. The lowest BCUT2D eigenvalue weighted by molar-refractivity contribution is -0.139. The molecular weight excluding hydrogens is 459 g/mol. The molecule has 1 aliphatic heterocycles. The van der Waals surface area contributed by atoms with Crippen LogP contribution >= 0.6 is 0 Å². The number of benzene rings is 3. The maximum Gasteiger partial charge on any atom is 0.295 e. The maximum atomic E-state index is 13.5. The number of ketones is 1. The molecule has 186 valence electrons. The largest absolute Gasteiger partial charge is 0.507 e. The predicted molar refractivity (Wildman–Crippen MR) is 136 cm³/mol. The summed E-state index contributed by atoms with van der Waals surface area (Å²) in [5, 5.41) is 11.1. The molecule has 0 aliphatic carbocycles. The van der Waals surface area contributed by atoms with Crippen LogP contribution in [-0.2, 0) is 16.2 Å². The topological polar surface area (TPSA) is 70.1 Å². The summed E-state index contributed by atoms with van der Waals surface area (Å²) in [5.41, 5.74) is 1.91. The first-order chi connectivity index (χ1) is 17.3. The number of nitrogens with zero attached hydrogens (tertiary/aromatic N) is 2. The summed E-state index contributed by atoms with van der Waals surface area (Å²) >= 11 is 0. The van der Waals surface area contributed by atoms with Gasteiger partial charge in [0.25, 0.3) is 11.7 Å². The summed E-state index contributed by atoms with van der Waals surface area (Å²) in [6, 6.07) is 21.3. The normalized spacial score (nSPS) is 17.1. The van der Waals surface area contributed by atoms with Crippen LogP contribution in [-0.4, -0.2) is 53.8 Å². The molecule has 1 aliphatic rings. The first-order valence-corrected chi connectivity index (χ1v) is 11.8. The van der Waals surface area contributed by atoms with Crippen LogP contribution in [0.4, 0.5) is 4.39 Å². The van der Waals surface area contributed by atoms with Crippen molar-refractivity contribution >= 4 is 17.4 Å². The van der Waals surface area contributed by atoms with E-state index in [1.807, 2.05) is 61.5 Å². The molecule has 1 unspecified atom stereocenters. The fourth-order valence-corrected chi connectivity index (χ4v) is 4.29. The summed E-state index contributed by atoms with van der Waals surface area (Å²) < 4.78 is 19.4. The highest BCUT2D eigenvalue weighted by atomic mass is 19.1. The van der Waals surface area contributed by atoms with Crippen LogP contribution in [0.3, 0.4) is 0 Å². The van der Waals surface area contributed by atoms with Gasteiger partial charge < -0.3 is 19.6 Å². The third-order valence-corrected chi connectivity index (χ3v) is 6.08. The van der Waals surface area contributed by atoms with Crippen molar-refractivity contribution in [3.05, 3.63) is 107 Å². The molecule has 0 saturated carbocycles. The lowest BCUT2D eigenvalue weighted by Crippen LogP contribution is -2.32. The highest BCUT2D eigenvalue weighted by molar-refractivity contribution is 6.46. The Morgan fingerprint density at radius 2 is 1.72 bits per heavy atom. The summed E-state index contributed by atoms with van der Waals surface area (Å²) in [6.45, 7) is 1.43. The maximum absolute atomic E-state index is 13.5. The van der Waals surface area contributed by atoms with Gasteiger partial charge >= 0.3 is 0 Å². The Morgan fingerprint density at radius 1 is 1.00 bits per heavy atom. The second-order valence-electron chi connectivity index (χ2n) is 9.00. The van der Waals surface area contributed by atoms with Crippen LogP contribution in [0.15, 0.2) is 84.4 Å². The summed E-state index contributed by atoms with van der Waals surface area (Å²) in [6.07, 6.45) is 0.650. The number of halogens is 1. The molecule has 36 heavy (non-hydrogen) atoms. The minimum absolute atomic E-state index is 0.0170. The standard InChI is InChI=1S/C29H29FN2O4/c1-31(2)16-7-17-32-26(22-10-6-11-24(18-22)36-19-20-8-4-3-5-9-20)25(28(34)29(32)35)27(33)21-12-14-23(30)15-13-21/h3-6,8-15,18,26,33H,7,16-17,19H2,1-2H3/b27-25+. The van der Waals surface area contributed by atoms with Crippen LogP contribution in [0, 0.1) is 5.82 Å². The van der Waals surface area contributed by atoms with E-state index >= 15 is 0 Å². The first kappa shape index (κ1) is 25.1. The van der Waals surface area contributed by atoms with Crippen molar-refractivity contribution < 1.29 is 23.8 Å². The lowest BCUT2D eigenvalue weighted by Gasteiger charge is -2.26. The number of carbonyl (C=O) groups excluding carboxylic acids is 2. The number of rotatable bonds is 9. The van der Waals surface area contributed by atoms with E-state index < -0.39 is 23.5 Å². The van der Waals surface area contributed by atoms with Gasteiger partial charge in [0.05, 0.1) is 11.6 Å². The van der Waals surface area contributed by atoms with E-state index in [1.54, 1.807) is 12.1 Å². The minimum Gasteiger partial charge on any atom is -0.507 e. The molecule has 1 saturated heterocycles. The molecule has 1 N–H and O–H groups in total. The lowest BCUT2D eigenvalue weighted by atomic mass is 9.95. The van der Waals surface area contributed by atoms with Crippen LogP contribution in [0.2, 0.25) is 0 Å². The molecule has 4 rings (SSSR count). The average Bonchev–Trinajstić information content (AvgIpc) is 3.13. The van der Waals surface area contributed by atoms with Gasteiger partial charge in [-0.2, -0.15) is 0 Å². The Balaban J connectivity index is 1.71. The number of hydrogen-bond acceptors (Lipinski definition) is 5. The fourth-order valence-electron chi connectivity index (χ4n) is 4.29. The number of aliphatic hydroxyl groups excluding tert-OH is 1. The molecule has 0 spiro atoms. The fraction of sp³-hybridized carbons (Fsp3) is 0.241. The van der Waals surface area contributed by atoms with Gasteiger partial charge in [-0.1, -0.05) is 42.5 Å². The predicted octanol–water partition coefficient (Wildman–Crippen LogP) is 4.78. The molecule has 3 aromatic carbocycles. The SMILES string of the molecule is CN(C)CCCN1C(=O)C(=O)/C(=C(/O)c2ccc(F)cc2)C1c1cccc(OCc2ccccc2)c1. The Bertz CT molecular complexity index is 1260. The number of ether oxygens (including phenoxy) is 1. The van der Waals surface area contributed by atoms with Crippen molar-refractivity contribution in [2.24, 2.45) is 0 Å². The molecule has 0 bridgehead atoms. The van der Waals surface area contributed by atoms with Crippen LogP contribution in [0.5, 0.6) is 5.75 Å². The van der Waals surface area contributed by atoms with Crippen LogP contribution < -0.4 is 4.74 Å². The van der Waals surface area contributed by atoms with Crippen LogP contribution in [0.25, 0.3) is 5.76 Å². The van der Waals surface area contributed by atoms with Gasteiger partial charge in [-0.3, -0.25) is 9.59 Å². The summed E-state index contributed by atoms with van der Waals surface area (Å²) in [5.74, 6) is -1.64. The molecule has 7 heteroatoms. The molecule has 3 aromatic rings. The molecule has 1 amide bonds. The van der Waals surface area contributed by atoms with Crippen molar-refractivity contribution in [1.29, 1.82) is 0 Å². The van der Waals surface area contributed by atoms with E-state index in [-0.39, 0.29) is 16.9 Å². The van der Waals surface area contributed by atoms with Gasteiger partial charge in [0.2, 0.25) is 0 Å². The smallest absolute Gasteiger partial charge is 0.295 e. The van der Waals surface area contributed by atoms with E-state index in [0.717, 1.165) is 12.1 Å². The zero-order valence-electron chi connectivity index (χ0n) is 20.4. The van der Waals surface area contributed by atoms with Crippen LogP contribution in [0.1, 0.15) is 29.2 Å². The van der Waals surface area contributed by atoms with Gasteiger partial charge in [-0.15, -0.1) is 0 Å². The van der Waals surface area contributed by atoms with Crippen molar-refractivity contribution in [2.75, 3.05) is 27.2 Å². The third kappa shape index (κ3) is 5.63. The quantitative estimate of drug-likeness (QED) is 0.267. The number of Topliss-reactive ketones (excluding diaryl/α,β-unsaturated/α-hetero) is 1. The molecule has 1 fully saturated rings. The second kappa shape index (κ2) is 11.2.